The molecular formula is C47H53FN2O6. The summed E-state index contributed by atoms with van der Waals surface area (Å²) in [5.74, 6) is -2.12. The molecule has 4 fully saturated rings. The molecule has 2 heterocycles. The lowest BCUT2D eigenvalue weighted by Gasteiger charge is -2.58. The zero-order chi connectivity index (χ0) is 39.4. The summed E-state index contributed by atoms with van der Waals surface area (Å²) in [6.07, 6.45) is 7.38. The third-order valence-corrected chi connectivity index (χ3v) is 12.9. The van der Waals surface area contributed by atoms with Crippen molar-refractivity contribution < 1.29 is 33.0 Å². The predicted molar refractivity (Wildman–Crippen MR) is 211 cm³/mol. The average molecular weight is 761 g/mol. The Hall–Kier alpha value is -4.79. The van der Waals surface area contributed by atoms with E-state index in [-0.39, 0.29) is 36.7 Å². The van der Waals surface area contributed by atoms with E-state index >= 15 is 9.18 Å². The molecule has 0 N–H and O–H groups in total. The third-order valence-electron chi connectivity index (χ3n) is 12.9. The number of ether oxygens (including phenoxy) is 2. The Labute approximate surface area is 328 Å². The molecule has 9 heteroatoms. The minimum atomic E-state index is -1.49. The quantitative estimate of drug-likeness (QED) is 0.112. The number of benzene rings is 3. The molecule has 294 valence electrons. The van der Waals surface area contributed by atoms with E-state index in [9.17, 15) is 14.4 Å². The number of halogens is 1. The summed E-state index contributed by atoms with van der Waals surface area (Å²) in [5.41, 5.74) is 3.16. The van der Waals surface area contributed by atoms with Crippen LogP contribution in [-0.2, 0) is 48.2 Å². The molecule has 4 bridgehead atoms. The van der Waals surface area contributed by atoms with Crippen molar-refractivity contribution in [3.63, 3.8) is 0 Å². The van der Waals surface area contributed by atoms with Crippen LogP contribution in [0.1, 0.15) is 107 Å². The van der Waals surface area contributed by atoms with Crippen LogP contribution < -0.4 is 0 Å². The first-order chi connectivity index (χ1) is 26.8. The number of hydrogen-bond donors (Lipinski definition) is 0. The van der Waals surface area contributed by atoms with Crippen LogP contribution in [0.4, 0.5) is 4.39 Å². The van der Waals surface area contributed by atoms with Gasteiger partial charge in [-0.3, -0.25) is 19.2 Å². The number of carbonyl (C=O) groups excluding carboxylic acids is 4. The molecule has 9 rings (SSSR count). The Bertz CT molecular complexity index is 2110. The summed E-state index contributed by atoms with van der Waals surface area (Å²) in [6, 6.07) is 22.4. The Balaban J connectivity index is 1.22. The number of esters is 2. The van der Waals surface area contributed by atoms with Gasteiger partial charge in [-0.1, -0.05) is 66.7 Å². The van der Waals surface area contributed by atoms with E-state index < -0.39 is 47.7 Å². The van der Waals surface area contributed by atoms with Crippen LogP contribution in [0.3, 0.4) is 0 Å². The first-order valence-corrected chi connectivity index (χ1v) is 20.4. The van der Waals surface area contributed by atoms with Crippen LogP contribution in [0, 0.1) is 34.9 Å². The smallest absolute Gasteiger partial charge is 0.317 e. The van der Waals surface area contributed by atoms with Crippen LogP contribution in [0.2, 0.25) is 0 Å². The van der Waals surface area contributed by atoms with Gasteiger partial charge in [0.1, 0.15) is 23.9 Å². The molecule has 1 aromatic heterocycles. The van der Waals surface area contributed by atoms with Crippen LogP contribution in [-0.4, -0.2) is 44.7 Å². The summed E-state index contributed by atoms with van der Waals surface area (Å²) < 4.78 is 29.0. The monoisotopic (exact) mass is 760 g/mol. The molecule has 5 aliphatic rings. The fourth-order valence-corrected chi connectivity index (χ4v) is 11.3. The molecular weight excluding hydrogens is 708 g/mol. The first-order valence-electron chi connectivity index (χ1n) is 20.4. The van der Waals surface area contributed by atoms with Gasteiger partial charge >= 0.3 is 11.9 Å². The number of fused-ring (bicyclic) bond motifs is 3. The second-order valence-corrected chi connectivity index (χ2v) is 18.2. The van der Waals surface area contributed by atoms with Gasteiger partial charge in [0.15, 0.2) is 5.78 Å². The van der Waals surface area contributed by atoms with Crippen molar-refractivity contribution in [1.82, 2.24) is 9.47 Å². The van der Waals surface area contributed by atoms with Crippen molar-refractivity contribution in [3.8, 4) is 0 Å². The number of nitrogens with zero attached hydrogens (tertiary/aromatic N) is 2. The lowest BCUT2D eigenvalue weighted by molar-refractivity contribution is -0.168. The molecule has 1 aliphatic heterocycles. The van der Waals surface area contributed by atoms with Crippen LogP contribution in [0.15, 0.2) is 78.9 Å². The average Bonchev–Trinajstić information content (AvgIpc) is 3.45. The number of para-hydroxylation sites is 1. The number of amides is 1. The summed E-state index contributed by atoms with van der Waals surface area (Å²) in [7, 11) is 0. The second-order valence-electron chi connectivity index (χ2n) is 18.2. The molecule has 1 unspecified atom stereocenters. The van der Waals surface area contributed by atoms with Crippen molar-refractivity contribution in [2.75, 3.05) is 0 Å². The fourth-order valence-electron chi connectivity index (χ4n) is 11.3. The van der Waals surface area contributed by atoms with Crippen LogP contribution in [0.25, 0.3) is 10.9 Å². The first kappa shape index (κ1) is 38.1. The second kappa shape index (κ2) is 14.9. The minimum Gasteiger partial charge on any atom is -0.461 e. The molecule has 1 amide bonds. The van der Waals surface area contributed by atoms with E-state index in [0.717, 1.165) is 47.0 Å². The zero-order valence-electron chi connectivity index (χ0n) is 33.0. The Kier molecular flexibility index (Phi) is 10.2. The third kappa shape index (κ3) is 7.53. The van der Waals surface area contributed by atoms with E-state index in [1.165, 1.54) is 32.3 Å². The number of Topliss-reactive ketones (excluding diaryl/α,β-unsaturated/α-hetero) is 1. The van der Waals surface area contributed by atoms with Gasteiger partial charge in [0, 0.05) is 35.5 Å². The highest BCUT2D eigenvalue weighted by Crippen LogP contribution is 2.63. The van der Waals surface area contributed by atoms with E-state index in [1.54, 1.807) is 37.8 Å². The van der Waals surface area contributed by atoms with Crippen molar-refractivity contribution >= 4 is 34.5 Å². The summed E-state index contributed by atoms with van der Waals surface area (Å²) >= 11 is 0. The van der Waals surface area contributed by atoms with Gasteiger partial charge in [-0.15, -0.1) is 0 Å². The summed E-state index contributed by atoms with van der Waals surface area (Å²) in [5, 5.41) is 0.937. The maximum Gasteiger partial charge on any atom is 0.317 e. The lowest BCUT2D eigenvalue weighted by Crippen LogP contribution is -2.56. The molecule has 4 aliphatic carbocycles. The van der Waals surface area contributed by atoms with Gasteiger partial charge in [0.2, 0.25) is 5.91 Å². The van der Waals surface area contributed by atoms with Crippen molar-refractivity contribution in [2.24, 2.45) is 29.1 Å². The Morgan fingerprint density at radius 1 is 0.857 bits per heavy atom. The molecule has 56 heavy (non-hydrogen) atoms. The van der Waals surface area contributed by atoms with E-state index in [0.29, 0.717) is 29.7 Å². The predicted octanol–water partition coefficient (Wildman–Crippen LogP) is 8.91. The standard InChI is InChI=1S/C47H53FN2O6/c1-29(51)50-40(44(53)37(45(54)56-46(2,3)4)22-42(52)55-28-30-12-6-5-7-13-30)21-36-35-15-9-11-17-39(35)49(27-34-14-8-10-16-38(34)48)43(36)41(50)26-47-23-31-18-32(24-47)20-33(19-31)25-47/h5-17,31-33,37,40-41H,18-28H2,1-4H3/t31?,32?,33?,37?,40-,41+,47?/m0/s1. The molecule has 0 spiro atoms. The summed E-state index contributed by atoms with van der Waals surface area (Å²) in [6.45, 7) is 6.93. The number of aromatic nitrogens is 1. The zero-order valence-corrected chi connectivity index (χ0v) is 33.0. The highest BCUT2D eigenvalue weighted by Gasteiger charge is 2.55. The van der Waals surface area contributed by atoms with Gasteiger partial charge in [-0.25, -0.2) is 4.39 Å². The SMILES string of the molecule is CC(=O)N1[C@H](CC23CC4CC(CC(C4)C2)C3)c2c(c3ccccc3n2Cc2ccccc2F)C[C@H]1C(=O)C(CC(=O)OCc1ccccc1)C(=O)OC(C)(C)C. The van der Waals surface area contributed by atoms with Gasteiger partial charge in [0.25, 0.3) is 0 Å². The van der Waals surface area contributed by atoms with Crippen molar-refractivity contribution in [1.29, 1.82) is 0 Å². The normalized spacial score (nSPS) is 25.8. The Morgan fingerprint density at radius 3 is 2.12 bits per heavy atom. The minimum absolute atomic E-state index is 0.000413. The Morgan fingerprint density at radius 2 is 1.48 bits per heavy atom. The van der Waals surface area contributed by atoms with Gasteiger partial charge in [-0.05, 0) is 112 Å². The van der Waals surface area contributed by atoms with Gasteiger partial charge in [-0.2, -0.15) is 0 Å². The highest BCUT2D eigenvalue weighted by molar-refractivity contribution is 6.06. The van der Waals surface area contributed by atoms with Gasteiger partial charge < -0.3 is 18.9 Å². The molecule has 8 nitrogen and oxygen atoms in total. The number of rotatable bonds is 11. The molecule has 3 aromatic carbocycles. The fraction of sp³-hybridized carbons (Fsp3) is 0.489. The van der Waals surface area contributed by atoms with E-state index in [2.05, 4.69) is 4.57 Å². The van der Waals surface area contributed by atoms with Gasteiger partial charge in [0.05, 0.1) is 25.0 Å². The molecule has 4 saturated carbocycles. The lowest BCUT2D eigenvalue weighted by atomic mass is 9.48. The topological polar surface area (TPSA) is 94.9 Å². The van der Waals surface area contributed by atoms with E-state index in [1.807, 2.05) is 60.7 Å². The molecule has 3 atom stereocenters. The number of carbonyl (C=O) groups is 4. The summed E-state index contributed by atoms with van der Waals surface area (Å²) in [4.78, 5) is 58.6. The number of ketones is 1. The van der Waals surface area contributed by atoms with Crippen molar-refractivity contribution in [3.05, 3.63) is 107 Å². The van der Waals surface area contributed by atoms with E-state index in [4.69, 9.17) is 9.47 Å². The van der Waals surface area contributed by atoms with Crippen LogP contribution >= 0.6 is 0 Å². The maximum absolute atomic E-state index is 15.4. The molecule has 0 radical (unpaired) electrons. The number of hydrogen-bond acceptors (Lipinski definition) is 6. The maximum atomic E-state index is 15.4. The molecule has 0 saturated heterocycles. The highest BCUT2D eigenvalue weighted by atomic mass is 19.1. The van der Waals surface area contributed by atoms with Crippen LogP contribution in [0.5, 0.6) is 0 Å². The largest absolute Gasteiger partial charge is 0.461 e. The molecule has 4 aromatic rings. The van der Waals surface area contributed by atoms with Crippen molar-refractivity contribution in [2.45, 2.75) is 116 Å².